The van der Waals surface area contributed by atoms with Gasteiger partial charge in [0.1, 0.15) is 5.75 Å². The van der Waals surface area contributed by atoms with Gasteiger partial charge in [0.2, 0.25) is 11.8 Å². The van der Waals surface area contributed by atoms with Gasteiger partial charge in [-0.3, -0.25) is 9.59 Å². The zero-order valence-electron chi connectivity index (χ0n) is 16.5. The normalized spacial score (nSPS) is 15.2. The number of amides is 2. The van der Waals surface area contributed by atoms with Crippen LogP contribution in [0.25, 0.3) is 0 Å². The molecule has 1 aliphatic heterocycles. The molecule has 1 N–H and O–H groups in total. The van der Waals surface area contributed by atoms with Crippen LogP contribution >= 0.6 is 0 Å². The standard InChI is InChI=1S/C21H32N2O3/c1-15(2)21(25)23-12-10-18(11-13-23)22-19(24)9-6-14-26-20-16(3)7-5-8-17(20)4/h5,7-8,15,18H,6,9-14H2,1-4H3,(H,22,24). The summed E-state index contributed by atoms with van der Waals surface area (Å²) in [5.41, 5.74) is 2.24. The van der Waals surface area contributed by atoms with Crippen LogP contribution in [0.15, 0.2) is 18.2 Å². The van der Waals surface area contributed by atoms with Gasteiger partial charge >= 0.3 is 0 Å². The highest BCUT2D eigenvalue weighted by Gasteiger charge is 2.24. The highest BCUT2D eigenvalue weighted by molar-refractivity contribution is 5.78. The van der Waals surface area contributed by atoms with Gasteiger partial charge in [0.15, 0.2) is 0 Å². The summed E-state index contributed by atoms with van der Waals surface area (Å²) in [6.45, 7) is 9.93. The number of piperidine rings is 1. The number of hydrogen-bond donors (Lipinski definition) is 1. The van der Waals surface area contributed by atoms with E-state index in [1.54, 1.807) is 0 Å². The van der Waals surface area contributed by atoms with Crippen molar-refractivity contribution in [3.63, 3.8) is 0 Å². The van der Waals surface area contributed by atoms with Gasteiger partial charge in [-0.1, -0.05) is 32.0 Å². The van der Waals surface area contributed by atoms with Crippen LogP contribution in [0.3, 0.4) is 0 Å². The smallest absolute Gasteiger partial charge is 0.225 e. The number of rotatable bonds is 7. The van der Waals surface area contributed by atoms with E-state index in [0.29, 0.717) is 19.4 Å². The second-order valence-corrected chi connectivity index (χ2v) is 7.49. The first-order valence-electron chi connectivity index (χ1n) is 9.65. The van der Waals surface area contributed by atoms with E-state index in [1.807, 2.05) is 50.8 Å². The van der Waals surface area contributed by atoms with Crippen LogP contribution in [-0.4, -0.2) is 42.5 Å². The Bertz CT molecular complexity index is 599. The Morgan fingerprint density at radius 1 is 1.19 bits per heavy atom. The zero-order chi connectivity index (χ0) is 19.1. The van der Waals surface area contributed by atoms with Gasteiger partial charge in [-0.05, 0) is 44.2 Å². The summed E-state index contributed by atoms with van der Waals surface area (Å²) in [5.74, 6) is 1.25. The number of likely N-dealkylation sites (tertiary alicyclic amines) is 1. The van der Waals surface area contributed by atoms with E-state index in [9.17, 15) is 9.59 Å². The number of aryl methyl sites for hydroxylation is 2. The molecule has 0 unspecified atom stereocenters. The molecular weight excluding hydrogens is 328 g/mol. The molecule has 1 heterocycles. The molecule has 1 aromatic carbocycles. The van der Waals surface area contributed by atoms with Crippen molar-refractivity contribution >= 4 is 11.8 Å². The van der Waals surface area contributed by atoms with Crippen molar-refractivity contribution in [3.8, 4) is 5.75 Å². The number of para-hydroxylation sites is 1. The van der Waals surface area contributed by atoms with Gasteiger partial charge in [-0.25, -0.2) is 0 Å². The van der Waals surface area contributed by atoms with Crippen molar-refractivity contribution in [3.05, 3.63) is 29.3 Å². The van der Waals surface area contributed by atoms with Crippen LogP contribution in [0.5, 0.6) is 5.75 Å². The van der Waals surface area contributed by atoms with Crippen LogP contribution in [0.1, 0.15) is 50.7 Å². The number of carbonyl (C=O) groups is 2. The summed E-state index contributed by atoms with van der Waals surface area (Å²) in [7, 11) is 0. The summed E-state index contributed by atoms with van der Waals surface area (Å²) < 4.78 is 5.85. The Labute approximate surface area is 157 Å². The van der Waals surface area contributed by atoms with Gasteiger partial charge in [-0.2, -0.15) is 0 Å². The molecule has 0 saturated carbocycles. The molecule has 5 nitrogen and oxygen atoms in total. The maximum Gasteiger partial charge on any atom is 0.225 e. The minimum atomic E-state index is 0.0398. The molecule has 2 amide bonds. The Kier molecular flexibility index (Phi) is 7.49. The first-order chi connectivity index (χ1) is 12.4. The largest absolute Gasteiger partial charge is 0.493 e. The van der Waals surface area contributed by atoms with E-state index in [1.165, 1.54) is 0 Å². The fourth-order valence-corrected chi connectivity index (χ4v) is 3.34. The summed E-state index contributed by atoms with van der Waals surface area (Å²) in [6.07, 6.45) is 2.84. The predicted octanol–water partition coefficient (Wildman–Crippen LogP) is 3.23. The molecule has 0 radical (unpaired) electrons. The summed E-state index contributed by atoms with van der Waals surface area (Å²) in [6, 6.07) is 6.26. The highest BCUT2D eigenvalue weighted by atomic mass is 16.5. The molecule has 0 aliphatic carbocycles. The van der Waals surface area contributed by atoms with Gasteiger partial charge in [0.25, 0.3) is 0 Å². The third-order valence-electron chi connectivity index (χ3n) is 4.87. The average Bonchev–Trinajstić information content (AvgIpc) is 2.60. The maximum atomic E-state index is 12.1. The van der Waals surface area contributed by atoms with Gasteiger partial charge in [0.05, 0.1) is 6.61 Å². The van der Waals surface area contributed by atoms with Crippen LogP contribution in [0, 0.1) is 19.8 Å². The summed E-state index contributed by atoms with van der Waals surface area (Å²) in [4.78, 5) is 26.0. The fourth-order valence-electron chi connectivity index (χ4n) is 3.34. The third kappa shape index (κ3) is 5.75. The topological polar surface area (TPSA) is 58.6 Å². The van der Waals surface area contributed by atoms with E-state index in [-0.39, 0.29) is 23.8 Å². The molecular formula is C21H32N2O3. The number of hydrogen-bond acceptors (Lipinski definition) is 3. The SMILES string of the molecule is Cc1cccc(C)c1OCCCC(=O)NC1CCN(C(=O)C(C)C)CC1. The lowest BCUT2D eigenvalue weighted by atomic mass is 10.0. The Morgan fingerprint density at radius 2 is 1.81 bits per heavy atom. The minimum Gasteiger partial charge on any atom is -0.493 e. The monoisotopic (exact) mass is 360 g/mol. The van der Waals surface area contributed by atoms with Crippen LogP contribution in [0.4, 0.5) is 0 Å². The lowest BCUT2D eigenvalue weighted by Gasteiger charge is -2.33. The average molecular weight is 360 g/mol. The molecule has 26 heavy (non-hydrogen) atoms. The van der Waals surface area contributed by atoms with Crippen molar-refractivity contribution in [2.75, 3.05) is 19.7 Å². The van der Waals surface area contributed by atoms with E-state index >= 15 is 0 Å². The number of benzene rings is 1. The molecule has 0 aromatic heterocycles. The summed E-state index contributed by atoms with van der Waals surface area (Å²) >= 11 is 0. The van der Waals surface area contributed by atoms with Crippen LogP contribution in [0.2, 0.25) is 0 Å². The first-order valence-corrected chi connectivity index (χ1v) is 9.65. The highest BCUT2D eigenvalue weighted by Crippen LogP contribution is 2.22. The van der Waals surface area contributed by atoms with Crippen molar-refractivity contribution in [2.45, 2.75) is 59.4 Å². The lowest BCUT2D eigenvalue weighted by Crippen LogP contribution is -2.47. The molecule has 0 bridgehead atoms. The predicted molar refractivity (Wildman–Crippen MR) is 103 cm³/mol. The van der Waals surface area contributed by atoms with Gasteiger partial charge < -0.3 is 15.0 Å². The number of carbonyl (C=O) groups excluding carboxylic acids is 2. The second-order valence-electron chi connectivity index (χ2n) is 7.49. The maximum absolute atomic E-state index is 12.1. The van der Waals surface area contributed by atoms with E-state index < -0.39 is 0 Å². The molecule has 144 valence electrons. The van der Waals surface area contributed by atoms with Crippen molar-refractivity contribution in [2.24, 2.45) is 5.92 Å². The third-order valence-corrected chi connectivity index (χ3v) is 4.87. The zero-order valence-corrected chi connectivity index (χ0v) is 16.5. The van der Waals surface area contributed by atoms with E-state index in [4.69, 9.17) is 4.74 Å². The molecule has 0 spiro atoms. The number of ether oxygens (including phenoxy) is 1. The summed E-state index contributed by atoms with van der Waals surface area (Å²) in [5, 5.41) is 3.10. The van der Waals surface area contributed by atoms with E-state index in [0.717, 1.165) is 42.8 Å². The first kappa shape index (κ1) is 20.3. The van der Waals surface area contributed by atoms with Gasteiger partial charge in [-0.15, -0.1) is 0 Å². The van der Waals surface area contributed by atoms with E-state index in [2.05, 4.69) is 5.32 Å². The number of nitrogens with one attached hydrogen (secondary N) is 1. The lowest BCUT2D eigenvalue weighted by molar-refractivity contribution is -0.135. The molecule has 1 aromatic rings. The molecule has 1 saturated heterocycles. The minimum absolute atomic E-state index is 0.0398. The number of nitrogens with zero attached hydrogens (tertiary/aromatic N) is 1. The Hall–Kier alpha value is -2.04. The van der Waals surface area contributed by atoms with Crippen molar-refractivity contribution in [1.29, 1.82) is 0 Å². The molecule has 0 atom stereocenters. The van der Waals surface area contributed by atoms with Crippen molar-refractivity contribution in [1.82, 2.24) is 10.2 Å². The molecule has 2 rings (SSSR count). The van der Waals surface area contributed by atoms with Crippen LogP contribution < -0.4 is 10.1 Å². The quantitative estimate of drug-likeness (QED) is 0.760. The molecule has 1 aliphatic rings. The molecule has 5 heteroatoms. The Morgan fingerprint density at radius 3 is 2.38 bits per heavy atom. The van der Waals surface area contributed by atoms with Crippen molar-refractivity contribution < 1.29 is 14.3 Å². The molecule has 1 fully saturated rings. The van der Waals surface area contributed by atoms with Gasteiger partial charge in [0, 0.05) is 31.5 Å². The second kappa shape index (κ2) is 9.60. The fraction of sp³-hybridized carbons (Fsp3) is 0.619. The van der Waals surface area contributed by atoms with Crippen LogP contribution in [-0.2, 0) is 9.59 Å². The Balaban J connectivity index is 1.65.